The number of anilines is 1. The number of para-hydroxylation sites is 1. The van der Waals surface area contributed by atoms with E-state index >= 15 is 0 Å². The number of thioether (sulfide) groups is 1. The molecule has 0 radical (unpaired) electrons. The van der Waals surface area contributed by atoms with Crippen molar-refractivity contribution in [2.45, 2.75) is 12.3 Å². The monoisotopic (exact) mass is 372 g/mol. The first-order valence-corrected chi connectivity index (χ1v) is 9.88. The summed E-state index contributed by atoms with van der Waals surface area (Å²) in [6, 6.07) is 29.4. The second-order valence-corrected chi connectivity index (χ2v) is 7.09. The van der Waals surface area contributed by atoms with Crippen LogP contribution in [0.15, 0.2) is 84.9 Å². The van der Waals surface area contributed by atoms with Crippen molar-refractivity contribution >= 4 is 23.4 Å². The largest absolute Gasteiger partial charge is 0.307 e. The fourth-order valence-corrected chi connectivity index (χ4v) is 3.57. The van der Waals surface area contributed by atoms with Gasteiger partial charge in [0.1, 0.15) is 0 Å². The zero-order valence-electron chi connectivity index (χ0n) is 14.9. The van der Waals surface area contributed by atoms with Crippen molar-refractivity contribution in [1.82, 2.24) is 0 Å². The number of amides is 1. The molecule has 0 fully saturated rings. The fourth-order valence-electron chi connectivity index (χ4n) is 2.71. The Morgan fingerprint density at radius 2 is 1.48 bits per heavy atom. The summed E-state index contributed by atoms with van der Waals surface area (Å²) in [6.45, 7) is 0.557. The third-order valence-corrected chi connectivity index (χ3v) is 5.12. The van der Waals surface area contributed by atoms with Gasteiger partial charge in [-0.3, -0.25) is 4.79 Å². The van der Waals surface area contributed by atoms with Crippen LogP contribution in [-0.4, -0.2) is 11.7 Å². The Balaban J connectivity index is 1.64. The van der Waals surface area contributed by atoms with E-state index in [1.807, 2.05) is 89.8 Å². The predicted molar refractivity (Wildman–Crippen MR) is 111 cm³/mol. The highest BCUT2D eigenvalue weighted by molar-refractivity contribution is 7.99. The highest BCUT2D eigenvalue weighted by Gasteiger charge is 2.16. The van der Waals surface area contributed by atoms with E-state index in [1.54, 1.807) is 11.8 Å². The summed E-state index contributed by atoms with van der Waals surface area (Å²) in [7, 11) is 0. The topological polar surface area (TPSA) is 44.1 Å². The van der Waals surface area contributed by atoms with Gasteiger partial charge in [0.25, 0.3) is 0 Å². The number of nitrogens with zero attached hydrogens (tertiary/aromatic N) is 2. The van der Waals surface area contributed by atoms with E-state index in [2.05, 4.69) is 6.07 Å². The lowest BCUT2D eigenvalue weighted by atomic mass is 10.2. The Bertz CT molecular complexity index is 903. The van der Waals surface area contributed by atoms with Crippen molar-refractivity contribution in [3.63, 3.8) is 0 Å². The molecule has 0 spiro atoms. The third kappa shape index (κ3) is 5.47. The van der Waals surface area contributed by atoms with Gasteiger partial charge in [-0.25, -0.2) is 0 Å². The number of hydrogen-bond donors (Lipinski definition) is 0. The van der Waals surface area contributed by atoms with Crippen molar-refractivity contribution in [3.8, 4) is 6.07 Å². The van der Waals surface area contributed by atoms with Crippen LogP contribution >= 0.6 is 11.8 Å². The molecule has 3 aromatic rings. The zero-order valence-corrected chi connectivity index (χ0v) is 15.7. The summed E-state index contributed by atoms with van der Waals surface area (Å²) in [5, 5.41) is 8.86. The lowest BCUT2D eigenvalue weighted by Gasteiger charge is -2.23. The van der Waals surface area contributed by atoms with Crippen LogP contribution in [0, 0.1) is 11.3 Å². The van der Waals surface area contributed by atoms with Crippen LogP contribution in [0.25, 0.3) is 0 Å². The maximum absolute atomic E-state index is 12.9. The highest BCUT2D eigenvalue weighted by atomic mass is 32.2. The lowest BCUT2D eigenvalue weighted by molar-refractivity contribution is -0.116. The number of carbonyl (C=O) groups is 1. The fraction of sp³-hybridized carbons (Fsp3) is 0.130. The average Bonchev–Trinajstić information content (AvgIpc) is 2.74. The summed E-state index contributed by atoms with van der Waals surface area (Å²) < 4.78 is 0. The minimum Gasteiger partial charge on any atom is -0.307 e. The van der Waals surface area contributed by atoms with Gasteiger partial charge in [-0.2, -0.15) is 5.26 Å². The molecule has 4 heteroatoms. The third-order valence-electron chi connectivity index (χ3n) is 4.13. The summed E-state index contributed by atoms with van der Waals surface area (Å²) in [5.74, 6) is 1.23. The Hall–Kier alpha value is -3.03. The maximum Gasteiger partial charge on any atom is 0.237 e. The molecule has 0 bridgehead atoms. The van der Waals surface area contributed by atoms with Gasteiger partial charge in [0, 0.05) is 11.4 Å². The number of nitriles is 1. The molecule has 27 heavy (non-hydrogen) atoms. The first kappa shape index (κ1) is 18.8. The summed E-state index contributed by atoms with van der Waals surface area (Å²) in [6.07, 6.45) is 0. The maximum atomic E-state index is 12.9. The molecular weight excluding hydrogens is 352 g/mol. The molecule has 0 aliphatic rings. The minimum absolute atomic E-state index is 0.0868. The number of benzene rings is 3. The summed E-state index contributed by atoms with van der Waals surface area (Å²) >= 11 is 1.59. The van der Waals surface area contributed by atoms with Crippen molar-refractivity contribution in [2.75, 3.05) is 10.7 Å². The minimum atomic E-state index is 0.0868. The molecule has 0 aromatic heterocycles. The van der Waals surface area contributed by atoms with E-state index < -0.39 is 0 Å². The van der Waals surface area contributed by atoms with Crippen LogP contribution in [0.1, 0.15) is 16.7 Å². The van der Waals surface area contributed by atoms with Gasteiger partial charge in [-0.1, -0.05) is 60.7 Å². The van der Waals surface area contributed by atoms with Crippen LogP contribution in [0.2, 0.25) is 0 Å². The molecule has 0 saturated heterocycles. The molecular formula is C23H20N2OS. The van der Waals surface area contributed by atoms with E-state index in [0.717, 1.165) is 22.6 Å². The molecule has 3 rings (SSSR count). The van der Waals surface area contributed by atoms with E-state index in [-0.39, 0.29) is 5.91 Å². The summed E-state index contributed by atoms with van der Waals surface area (Å²) in [4.78, 5) is 14.7. The molecule has 0 unspecified atom stereocenters. The first-order valence-electron chi connectivity index (χ1n) is 8.72. The molecule has 0 N–H and O–H groups in total. The van der Waals surface area contributed by atoms with E-state index in [9.17, 15) is 4.79 Å². The summed E-state index contributed by atoms with van der Waals surface area (Å²) in [5.41, 5.74) is 3.77. The molecule has 3 aromatic carbocycles. The van der Waals surface area contributed by atoms with Gasteiger partial charge in [0.05, 0.1) is 23.9 Å². The normalized spacial score (nSPS) is 10.2. The average molecular weight is 372 g/mol. The highest BCUT2D eigenvalue weighted by Crippen LogP contribution is 2.20. The standard InChI is InChI=1S/C23H20N2OS/c24-15-19-11-13-21(14-12-19)17-27-18-23(26)25(22-9-5-2-6-10-22)16-20-7-3-1-4-8-20/h1-14H,16-18H2. The molecule has 0 saturated carbocycles. The SMILES string of the molecule is N#Cc1ccc(CSCC(=O)N(Cc2ccccc2)c2ccccc2)cc1. The number of rotatable bonds is 7. The lowest BCUT2D eigenvalue weighted by Crippen LogP contribution is -2.31. The van der Waals surface area contributed by atoms with E-state index in [4.69, 9.17) is 5.26 Å². The molecule has 0 atom stereocenters. The van der Waals surface area contributed by atoms with Gasteiger partial charge in [-0.15, -0.1) is 11.8 Å². The molecule has 0 aliphatic carbocycles. The zero-order chi connectivity index (χ0) is 18.9. The van der Waals surface area contributed by atoms with Crippen molar-refractivity contribution in [3.05, 3.63) is 102 Å². The predicted octanol–water partition coefficient (Wildman–Crippen LogP) is 5.02. The van der Waals surface area contributed by atoms with Crippen LogP contribution in [0.3, 0.4) is 0 Å². The Kier molecular flexibility index (Phi) is 6.67. The smallest absolute Gasteiger partial charge is 0.237 e. The van der Waals surface area contributed by atoms with Gasteiger partial charge in [0.15, 0.2) is 0 Å². The van der Waals surface area contributed by atoms with Crippen molar-refractivity contribution in [1.29, 1.82) is 5.26 Å². The quantitative estimate of drug-likeness (QED) is 0.584. The first-order chi connectivity index (χ1) is 13.3. The van der Waals surface area contributed by atoms with Crippen LogP contribution in [0.5, 0.6) is 0 Å². The van der Waals surface area contributed by atoms with Crippen LogP contribution in [0.4, 0.5) is 5.69 Å². The molecule has 1 amide bonds. The molecule has 0 heterocycles. The van der Waals surface area contributed by atoms with Gasteiger partial charge < -0.3 is 4.90 Å². The Morgan fingerprint density at radius 3 is 2.11 bits per heavy atom. The Morgan fingerprint density at radius 1 is 0.852 bits per heavy atom. The van der Waals surface area contributed by atoms with Gasteiger partial charge >= 0.3 is 0 Å². The van der Waals surface area contributed by atoms with E-state index in [0.29, 0.717) is 17.9 Å². The van der Waals surface area contributed by atoms with Crippen LogP contribution in [-0.2, 0) is 17.1 Å². The van der Waals surface area contributed by atoms with Gasteiger partial charge in [-0.05, 0) is 35.4 Å². The molecule has 134 valence electrons. The van der Waals surface area contributed by atoms with E-state index in [1.165, 1.54) is 0 Å². The number of carbonyl (C=O) groups excluding carboxylic acids is 1. The van der Waals surface area contributed by atoms with Crippen LogP contribution < -0.4 is 4.90 Å². The van der Waals surface area contributed by atoms with Crippen molar-refractivity contribution in [2.24, 2.45) is 0 Å². The number of hydrogen-bond acceptors (Lipinski definition) is 3. The molecule has 0 aliphatic heterocycles. The Labute approximate surface area is 164 Å². The van der Waals surface area contributed by atoms with Gasteiger partial charge in [0.2, 0.25) is 5.91 Å². The second-order valence-electron chi connectivity index (χ2n) is 6.10. The molecule has 3 nitrogen and oxygen atoms in total. The second kappa shape index (κ2) is 9.61. The van der Waals surface area contributed by atoms with Crippen molar-refractivity contribution < 1.29 is 4.79 Å².